The van der Waals surface area contributed by atoms with Gasteiger partial charge in [0.05, 0.1) is 45.5 Å². The number of rotatable bonds is 37. The Bertz CT molecular complexity index is 1870. The zero-order chi connectivity index (χ0) is 46.7. The number of benzene rings is 1. The second kappa shape index (κ2) is 35.8. The zero-order valence-corrected chi connectivity index (χ0v) is 40.6. The SMILES string of the molecule is CCCCCCCCCCCCCCCCCOCOCC(COP(=O)([O-])OCCN(C)CC)OCOCCNC(=O)Cc1c(C)n(C(=O)C#CC#CC#CCl)c2ccc(OC)cc12. The Hall–Kier alpha value is -3.42. The summed E-state index contributed by atoms with van der Waals surface area (Å²) in [6.07, 6.45) is 18.5. The van der Waals surface area contributed by atoms with Crippen LogP contribution in [0.5, 0.6) is 5.75 Å². The highest BCUT2D eigenvalue weighted by Gasteiger charge is 2.21. The molecule has 2 rings (SSSR count). The number of carbonyl (C=O) groups is 2. The lowest BCUT2D eigenvalue weighted by Crippen LogP contribution is -2.31. The normalized spacial score (nSPS) is 12.4. The molecule has 0 spiro atoms. The molecule has 1 heterocycles. The van der Waals surface area contributed by atoms with Gasteiger partial charge in [0.25, 0.3) is 7.82 Å². The van der Waals surface area contributed by atoms with Gasteiger partial charge in [0, 0.05) is 53.9 Å². The number of nitrogens with zero attached hydrogens (tertiary/aromatic N) is 2. The van der Waals surface area contributed by atoms with Crippen molar-refractivity contribution in [3.63, 3.8) is 0 Å². The Morgan fingerprint density at radius 2 is 1.47 bits per heavy atom. The summed E-state index contributed by atoms with van der Waals surface area (Å²) in [6, 6.07) is 5.21. The molecule has 0 aliphatic carbocycles. The number of ether oxygens (including phenoxy) is 5. The number of phosphoric acid groups is 1. The number of methoxy groups -OCH3 is 1. The van der Waals surface area contributed by atoms with E-state index in [2.05, 4.69) is 47.2 Å². The summed E-state index contributed by atoms with van der Waals surface area (Å²) in [5, 5.41) is 5.60. The second-order valence-electron chi connectivity index (χ2n) is 15.5. The molecule has 0 bridgehead atoms. The van der Waals surface area contributed by atoms with E-state index in [9.17, 15) is 19.0 Å². The fourth-order valence-electron chi connectivity index (χ4n) is 6.69. The van der Waals surface area contributed by atoms with Crippen molar-refractivity contribution in [1.82, 2.24) is 14.8 Å². The maximum absolute atomic E-state index is 13.1. The number of amides is 1. The van der Waals surface area contributed by atoms with Crippen LogP contribution < -0.4 is 14.9 Å². The average molecular weight is 934 g/mol. The van der Waals surface area contributed by atoms with Crippen LogP contribution in [0.3, 0.4) is 0 Å². The van der Waals surface area contributed by atoms with Crippen molar-refractivity contribution in [3.8, 4) is 40.7 Å². The van der Waals surface area contributed by atoms with Crippen molar-refractivity contribution in [1.29, 1.82) is 0 Å². The van der Waals surface area contributed by atoms with Crippen molar-refractivity contribution in [2.45, 2.75) is 130 Å². The van der Waals surface area contributed by atoms with Crippen LogP contribution in [-0.4, -0.2) is 108 Å². The predicted octanol–water partition coefficient (Wildman–Crippen LogP) is 8.14. The molecule has 0 saturated carbocycles. The molecule has 0 fully saturated rings. The minimum absolute atomic E-state index is 0.0144. The lowest BCUT2D eigenvalue weighted by atomic mass is 10.0. The molecule has 0 aliphatic rings. The third-order valence-corrected chi connectivity index (χ3v) is 11.5. The van der Waals surface area contributed by atoms with Gasteiger partial charge in [-0.05, 0) is 74.1 Å². The van der Waals surface area contributed by atoms with Crippen LogP contribution in [0.1, 0.15) is 126 Å². The van der Waals surface area contributed by atoms with Crippen LogP contribution in [-0.2, 0) is 43.8 Å². The van der Waals surface area contributed by atoms with Gasteiger partial charge >= 0.3 is 5.91 Å². The summed E-state index contributed by atoms with van der Waals surface area (Å²) >= 11 is 5.29. The Labute approximate surface area is 387 Å². The summed E-state index contributed by atoms with van der Waals surface area (Å²) in [7, 11) is -1.21. The molecule has 1 aromatic heterocycles. The second-order valence-corrected chi connectivity index (χ2v) is 17.1. The maximum atomic E-state index is 13.1. The fraction of sp³-hybridized carbons (Fsp3) is 0.667. The van der Waals surface area contributed by atoms with Gasteiger partial charge < -0.3 is 47.8 Å². The fourth-order valence-corrected chi connectivity index (χ4v) is 7.46. The summed E-state index contributed by atoms with van der Waals surface area (Å²) < 4.78 is 52.0. The molecule has 1 amide bonds. The van der Waals surface area contributed by atoms with Crippen LogP contribution in [0.4, 0.5) is 0 Å². The Balaban J connectivity index is 1.78. The first-order chi connectivity index (χ1) is 31.1. The summed E-state index contributed by atoms with van der Waals surface area (Å²) in [5.74, 6) is 11.9. The molecule has 64 heavy (non-hydrogen) atoms. The number of nitrogens with one attached hydrogen (secondary N) is 1. The topological polar surface area (TPSA) is 159 Å². The van der Waals surface area contributed by atoms with E-state index < -0.39 is 19.8 Å². The van der Waals surface area contributed by atoms with Gasteiger partial charge in [0.15, 0.2) is 0 Å². The van der Waals surface area contributed by atoms with E-state index in [1.807, 2.05) is 18.9 Å². The average Bonchev–Trinajstić information content (AvgIpc) is 3.55. The predicted molar refractivity (Wildman–Crippen MR) is 250 cm³/mol. The van der Waals surface area contributed by atoms with Crippen LogP contribution in [0, 0.1) is 41.9 Å². The van der Waals surface area contributed by atoms with Gasteiger partial charge in [-0.15, -0.1) is 0 Å². The van der Waals surface area contributed by atoms with Gasteiger partial charge in [-0.25, -0.2) is 0 Å². The van der Waals surface area contributed by atoms with E-state index in [0.29, 0.717) is 41.1 Å². The van der Waals surface area contributed by atoms with Gasteiger partial charge in [0.2, 0.25) is 5.91 Å². The molecule has 2 atom stereocenters. The number of likely N-dealkylation sites (N-methyl/N-ethyl adjacent to an activating group) is 1. The molecular weight excluding hydrogens is 861 g/mol. The quantitative estimate of drug-likeness (QED) is 0.0301. The minimum Gasteiger partial charge on any atom is -0.756 e. The Morgan fingerprint density at radius 1 is 0.828 bits per heavy atom. The molecule has 2 aromatic rings. The molecule has 0 saturated heterocycles. The largest absolute Gasteiger partial charge is 0.756 e. The lowest BCUT2D eigenvalue weighted by molar-refractivity contribution is -0.230. The molecule has 2 unspecified atom stereocenters. The van der Waals surface area contributed by atoms with Crippen LogP contribution in [0.2, 0.25) is 0 Å². The number of phosphoric ester groups is 1. The van der Waals surface area contributed by atoms with Crippen molar-refractivity contribution in [2.24, 2.45) is 0 Å². The lowest BCUT2D eigenvalue weighted by Gasteiger charge is -2.26. The maximum Gasteiger partial charge on any atom is 0.308 e. The van der Waals surface area contributed by atoms with Gasteiger partial charge in [-0.2, -0.15) is 0 Å². The van der Waals surface area contributed by atoms with Crippen molar-refractivity contribution < 1.29 is 51.8 Å². The molecular formula is C48H72ClN3O11P-. The summed E-state index contributed by atoms with van der Waals surface area (Å²) in [4.78, 5) is 40.5. The molecule has 1 N–H and O–H groups in total. The first-order valence-corrected chi connectivity index (χ1v) is 24.6. The van der Waals surface area contributed by atoms with Crippen molar-refractivity contribution in [2.75, 3.05) is 80.4 Å². The van der Waals surface area contributed by atoms with E-state index in [1.54, 1.807) is 25.1 Å². The van der Waals surface area contributed by atoms with Crippen molar-refractivity contribution >= 4 is 42.1 Å². The third kappa shape index (κ3) is 25.3. The van der Waals surface area contributed by atoms with Gasteiger partial charge in [-0.3, -0.25) is 18.7 Å². The van der Waals surface area contributed by atoms with Crippen molar-refractivity contribution in [3.05, 3.63) is 29.5 Å². The molecule has 0 radical (unpaired) electrons. The summed E-state index contributed by atoms with van der Waals surface area (Å²) in [5.41, 5.74) is 1.74. The Kier molecular flexibility index (Phi) is 31.7. The molecule has 0 aliphatic heterocycles. The van der Waals surface area contributed by atoms with Crippen LogP contribution in [0.25, 0.3) is 10.9 Å². The Morgan fingerprint density at radius 3 is 2.11 bits per heavy atom. The van der Waals surface area contributed by atoms with E-state index in [-0.39, 0.29) is 58.9 Å². The summed E-state index contributed by atoms with van der Waals surface area (Å²) in [6.45, 7) is 7.31. The number of fused-ring (bicyclic) bond motifs is 1. The monoisotopic (exact) mass is 932 g/mol. The zero-order valence-electron chi connectivity index (χ0n) is 38.9. The molecule has 1 aromatic carbocycles. The van der Waals surface area contributed by atoms with E-state index in [1.165, 1.54) is 95.1 Å². The van der Waals surface area contributed by atoms with E-state index >= 15 is 0 Å². The number of unbranched alkanes of at least 4 members (excludes halogenated alkanes) is 14. The molecule has 358 valence electrons. The molecule has 16 heteroatoms. The number of hydrogen-bond acceptors (Lipinski definition) is 12. The van der Waals surface area contributed by atoms with E-state index in [4.69, 9.17) is 44.3 Å². The molecule has 14 nitrogen and oxygen atoms in total. The van der Waals surface area contributed by atoms with Gasteiger partial charge in [-0.1, -0.05) is 104 Å². The number of halogens is 1. The first-order valence-electron chi connectivity index (χ1n) is 22.8. The highest BCUT2D eigenvalue weighted by atomic mass is 35.5. The smallest absolute Gasteiger partial charge is 0.308 e. The van der Waals surface area contributed by atoms with E-state index in [0.717, 1.165) is 19.4 Å². The highest BCUT2D eigenvalue weighted by Crippen LogP contribution is 2.38. The van der Waals surface area contributed by atoms with Crippen LogP contribution >= 0.6 is 19.4 Å². The standard InChI is InChI=1S/C48H73ClN3O11P/c1-6-8-9-10-11-12-13-14-15-16-17-18-19-22-25-32-58-39-60-37-43(38-63-64(55,56)62-34-31-51(4)7-2)61-40-59-33-30-50-47(53)36-44-41(3)52(48(54)26-23-20-21-24-29-49)46-28-27-42(57-5)35-45(44)46/h27-28,35,43H,6-19,22,25,30-34,36-40H2,1-5H3,(H,50,53)(H,55,56)/p-1. The van der Waals surface area contributed by atoms with Gasteiger partial charge in [0.1, 0.15) is 25.4 Å². The number of carbonyl (C=O) groups excluding carboxylic acids is 2. The number of hydrogen-bond donors (Lipinski definition) is 1. The van der Waals surface area contributed by atoms with Crippen LogP contribution in [0.15, 0.2) is 18.2 Å². The number of aromatic nitrogens is 1. The minimum atomic E-state index is -4.60. The third-order valence-electron chi connectivity index (χ3n) is 10.5. The highest BCUT2D eigenvalue weighted by molar-refractivity contribution is 7.45. The first kappa shape index (κ1) is 56.7.